The molecular weight excluding hydrogens is 727 g/mol. The fourth-order valence-electron chi connectivity index (χ4n) is 8.73. The molecule has 0 fully saturated rings. The predicted octanol–water partition coefficient (Wildman–Crippen LogP) is 16.3. The minimum absolute atomic E-state index is 0.880. The smallest absolute Gasteiger partial charge is 0.143 e. The zero-order valence-corrected chi connectivity index (χ0v) is 32.0. The number of furan rings is 2. The highest BCUT2D eigenvalue weighted by molar-refractivity contribution is 7.27. The Morgan fingerprint density at radius 1 is 0.328 bits per heavy atom. The molecule has 0 amide bonds. The van der Waals surface area contributed by atoms with Crippen molar-refractivity contribution < 1.29 is 8.83 Å². The number of benzene rings is 9. The van der Waals surface area contributed by atoms with Crippen LogP contribution in [0.15, 0.2) is 209 Å². The molecule has 12 aromatic rings. The van der Waals surface area contributed by atoms with E-state index in [1.165, 1.54) is 31.3 Å². The van der Waals surface area contributed by atoms with Gasteiger partial charge in [-0.05, 0) is 82.4 Å². The van der Waals surface area contributed by atoms with Gasteiger partial charge in [-0.1, -0.05) is 146 Å². The van der Waals surface area contributed by atoms with Crippen LogP contribution in [0, 0.1) is 0 Å². The summed E-state index contributed by atoms with van der Waals surface area (Å²) in [6.07, 6.45) is 0. The van der Waals surface area contributed by atoms with E-state index in [-0.39, 0.29) is 0 Å². The standard InChI is InChI=1S/C54H33NO2S/c1-3-12-35(13-4-1)40-17-9-19-43-46-32-37(26-30-51(46)57-52(40)43)34-24-27-38(28-25-34)55(39-29-31-50-47(33-39)42-16-7-8-23-49(42)56-50)48-22-11-21-45-44-20-10-18-41(53(44)58-54(45)48)36-14-5-2-6-15-36/h1-33H. The van der Waals surface area contributed by atoms with Crippen LogP contribution < -0.4 is 4.90 Å². The van der Waals surface area contributed by atoms with Gasteiger partial charge < -0.3 is 13.7 Å². The van der Waals surface area contributed by atoms with Gasteiger partial charge in [0.05, 0.1) is 10.4 Å². The molecule has 58 heavy (non-hydrogen) atoms. The molecule has 3 heterocycles. The first kappa shape index (κ1) is 32.8. The van der Waals surface area contributed by atoms with Gasteiger partial charge in [0.15, 0.2) is 0 Å². The van der Waals surface area contributed by atoms with E-state index in [0.29, 0.717) is 0 Å². The lowest BCUT2D eigenvalue weighted by atomic mass is 10.00. The Morgan fingerprint density at radius 2 is 0.897 bits per heavy atom. The highest BCUT2D eigenvalue weighted by atomic mass is 32.1. The Morgan fingerprint density at radius 3 is 1.71 bits per heavy atom. The molecule has 0 aliphatic heterocycles. The van der Waals surface area contributed by atoms with Gasteiger partial charge in [-0.3, -0.25) is 0 Å². The molecule has 0 unspecified atom stereocenters. The Balaban J connectivity index is 1.01. The van der Waals surface area contributed by atoms with Gasteiger partial charge in [0.25, 0.3) is 0 Å². The maximum absolute atomic E-state index is 6.51. The molecule has 0 aliphatic carbocycles. The van der Waals surface area contributed by atoms with Crippen molar-refractivity contribution in [3.8, 4) is 33.4 Å². The Labute approximate surface area is 338 Å². The first-order chi connectivity index (χ1) is 28.7. The average molecular weight is 760 g/mol. The zero-order chi connectivity index (χ0) is 38.2. The summed E-state index contributed by atoms with van der Waals surface area (Å²) in [5.41, 5.74) is 13.9. The Kier molecular flexibility index (Phi) is 7.40. The summed E-state index contributed by atoms with van der Waals surface area (Å²) in [5, 5.41) is 6.97. The van der Waals surface area contributed by atoms with Crippen LogP contribution in [0.4, 0.5) is 17.1 Å². The molecule has 0 bridgehead atoms. The van der Waals surface area contributed by atoms with E-state index in [1.807, 2.05) is 29.5 Å². The second-order valence-corrected chi connectivity index (χ2v) is 15.8. The van der Waals surface area contributed by atoms with Crippen molar-refractivity contribution in [1.29, 1.82) is 0 Å². The number of para-hydroxylation sites is 2. The van der Waals surface area contributed by atoms with E-state index in [2.05, 4.69) is 187 Å². The first-order valence-corrected chi connectivity index (χ1v) is 20.4. The highest BCUT2D eigenvalue weighted by Crippen LogP contribution is 2.48. The van der Waals surface area contributed by atoms with Crippen LogP contribution in [-0.4, -0.2) is 0 Å². The van der Waals surface area contributed by atoms with Crippen LogP contribution in [0.5, 0.6) is 0 Å². The van der Waals surface area contributed by atoms with Crippen LogP contribution in [0.3, 0.4) is 0 Å². The van der Waals surface area contributed by atoms with Crippen molar-refractivity contribution in [2.45, 2.75) is 0 Å². The SMILES string of the molecule is c1ccc(-c2cccc3c2oc2ccc(-c4ccc(N(c5ccc6oc7ccccc7c6c5)c5cccc6c5sc5c(-c7ccccc7)cccc56)cc4)cc23)cc1. The van der Waals surface area contributed by atoms with Gasteiger partial charge >= 0.3 is 0 Å². The third kappa shape index (κ3) is 5.19. The maximum atomic E-state index is 6.51. The number of nitrogens with zero attached hydrogens (tertiary/aromatic N) is 1. The van der Waals surface area contributed by atoms with E-state index in [1.54, 1.807) is 0 Å². The van der Waals surface area contributed by atoms with Crippen molar-refractivity contribution in [2.75, 3.05) is 4.90 Å². The Hall–Kier alpha value is -7.40. The zero-order valence-electron chi connectivity index (χ0n) is 31.2. The molecule has 0 aliphatic rings. The summed E-state index contributed by atoms with van der Waals surface area (Å²) in [6.45, 7) is 0. The van der Waals surface area contributed by atoms with Gasteiger partial charge in [0, 0.05) is 54.0 Å². The Bertz CT molecular complexity index is 3500. The fraction of sp³-hybridized carbons (Fsp3) is 0. The number of fused-ring (bicyclic) bond motifs is 9. The minimum Gasteiger partial charge on any atom is -0.456 e. The number of thiophene rings is 1. The van der Waals surface area contributed by atoms with Crippen molar-refractivity contribution in [3.05, 3.63) is 200 Å². The van der Waals surface area contributed by atoms with E-state index in [0.717, 1.165) is 83.2 Å². The number of hydrogen-bond acceptors (Lipinski definition) is 4. The van der Waals surface area contributed by atoms with Crippen molar-refractivity contribution >= 4 is 92.4 Å². The summed E-state index contributed by atoms with van der Waals surface area (Å²) < 4.78 is 15.3. The average Bonchev–Trinajstić information content (AvgIpc) is 3.99. The summed E-state index contributed by atoms with van der Waals surface area (Å²) in [4.78, 5) is 2.41. The quantitative estimate of drug-likeness (QED) is 0.169. The molecular formula is C54H33NO2S. The molecule has 0 atom stereocenters. The summed E-state index contributed by atoms with van der Waals surface area (Å²) in [5.74, 6) is 0. The molecule has 0 radical (unpaired) electrons. The molecule has 272 valence electrons. The third-order valence-electron chi connectivity index (χ3n) is 11.5. The molecule has 9 aromatic carbocycles. The summed E-state index contributed by atoms with van der Waals surface area (Å²) >= 11 is 1.87. The molecule has 4 heteroatoms. The summed E-state index contributed by atoms with van der Waals surface area (Å²) in [6, 6.07) is 71.4. The molecule has 0 saturated carbocycles. The maximum Gasteiger partial charge on any atom is 0.143 e. The lowest BCUT2D eigenvalue weighted by molar-refractivity contribution is 0.669. The number of anilines is 3. The second kappa shape index (κ2) is 13.1. The lowest BCUT2D eigenvalue weighted by Gasteiger charge is -2.26. The third-order valence-corrected chi connectivity index (χ3v) is 12.8. The lowest BCUT2D eigenvalue weighted by Crippen LogP contribution is -2.10. The molecule has 0 saturated heterocycles. The number of hydrogen-bond donors (Lipinski definition) is 0. The van der Waals surface area contributed by atoms with Crippen LogP contribution in [0.1, 0.15) is 0 Å². The molecule has 3 nitrogen and oxygen atoms in total. The van der Waals surface area contributed by atoms with Crippen LogP contribution in [0.2, 0.25) is 0 Å². The van der Waals surface area contributed by atoms with Crippen LogP contribution in [0.25, 0.3) is 97.4 Å². The van der Waals surface area contributed by atoms with Gasteiger partial charge in [-0.15, -0.1) is 11.3 Å². The second-order valence-electron chi connectivity index (χ2n) is 14.8. The van der Waals surface area contributed by atoms with E-state index in [4.69, 9.17) is 8.83 Å². The first-order valence-electron chi connectivity index (χ1n) is 19.6. The minimum atomic E-state index is 0.880. The van der Waals surface area contributed by atoms with Gasteiger partial charge in [0.2, 0.25) is 0 Å². The largest absolute Gasteiger partial charge is 0.456 e. The van der Waals surface area contributed by atoms with E-state index < -0.39 is 0 Å². The fourth-order valence-corrected chi connectivity index (χ4v) is 10.1. The van der Waals surface area contributed by atoms with E-state index >= 15 is 0 Å². The van der Waals surface area contributed by atoms with Crippen LogP contribution >= 0.6 is 11.3 Å². The monoisotopic (exact) mass is 759 g/mol. The van der Waals surface area contributed by atoms with E-state index in [9.17, 15) is 0 Å². The van der Waals surface area contributed by atoms with Gasteiger partial charge in [0.1, 0.15) is 22.3 Å². The summed E-state index contributed by atoms with van der Waals surface area (Å²) in [7, 11) is 0. The van der Waals surface area contributed by atoms with Crippen molar-refractivity contribution in [2.24, 2.45) is 0 Å². The number of rotatable bonds is 6. The van der Waals surface area contributed by atoms with Gasteiger partial charge in [-0.2, -0.15) is 0 Å². The highest BCUT2D eigenvalue weighted by Gasteiger charge is 2.21. The van der Waals surface area contributed by atoms with Gasteiger partial charge in [-0.25, -0.2) is 0 Å². The predicted molar refractivity (Wildman–Crippen MR) is 245 cm³/mol. The molecule has 0 N–H and O–H groups in total. The molecule has 3 aromatic heterocycles. The molecule has 0 spiro atoms. The van der Waals surface area contributed by atoms with Crippen molar-refractivity contribution in [1.82, 2.24) is 0 Å². The topological polar surface area (TPSA) is 29.5 Å². The van der Waals surface area contributed by atoms with Crippen LogP contribution in [-0.2, 0) is 0 Å². The normalized spacial score (nSPS) is 11.8. The molecule has 12 rings (SSSR count). The van der Waals surface area contributed by atoms with Crippen molar-refractivity contribution in [3.63, 3.8) is 0 Å².